The van der Waals surface area contributed by atoms with Crippen LogP contribution in [-0.2, 0) is 10.5 Å². The van der Waals surface area contributed by atoms with E-state index in [2.05, 4.69) is 29.4 Å². The first-order valence-corrected chi connectivity index (χ1v) is 13.2. The quantitative estimate of drug-likeness (QED) is 0.478. The maximum atomic E-state index is 13.4. The first kappa shape index (κ1) is 23.8. The van der Waals surface area contributed by atoms with Gasteiger partial charge in [-0.25, -0.2) is 0 Å². The van der Waals surface area contributed by atoms with E-state index in [1.54, 1.807) is 23.1 Å². The lowest BCUT2D eigenvalue weighted by atomic mass is 9.94. The normalized spacial score (nSPS) is 15.8. The van der Waals surface area contributed by atoms with Gasteiger partial charge < -0.3 is 14.6 Å². The molecule has 0 saturated carbocycles. The minimum atomic E-state index is -0.107. The van der Waals surface area contributed by atoms with E-state index in [4.69, 9.17) is 4.42 Å². The Morgan fingerprint density at radius 3 is 2.61 bits per heavy atom. The van der Waals surface area contributed by atoms with Gasteiger partial charge >= 0.3 is 0 Å². The summed E-state index contributed by atoms with van der Waals surface area (Å²) in [6, 6.07) is 7.89. The molecule has 3 aromatic rings. The molecule has 7 nitrogen and oxygen atoms in total. The molecule has 1 atom stereocenters. The number of benzene rings is 1. The number of hydrogen-bond acceptors (Lipinski definition) is 7. The van der Waals surface area contributed by atoms with E-state index >= 15 is 0 Å². The van der Waals surface area contributed by atoms with Crippen LogP contribution in [-0.4, -0.2) is 46.0 Å². The number of aromatic nitrogens is 2. The van der Waals surface area contributed by atoms with Gasteiger partial charge in [0.25, 0.3) is 5.91 Å². The SMILES string of the molecule is Cc1nnc(SCc2c(C(=O)N3CCC(C(=O)NC(C)C(C)C)CC3)oc3ccccc23)s1. The highest BCUT2D eigenvalue weighted by molar-refractivity contribution is 8.00. The van der Waals surface area contributed by atoms with Crippen molar-refractivity contribution in [1.82, 2.24) is 20.4 Å². The number of hydrogen-bond donors (Lipinski definition) is 1. The fraction of sp³-hybridized carbons (Fsp3) is 0.500. The Morgan fingerprint density at radius 2 is 1.94 bits per heavy atom. The summed E-state index contributed by atoms with van der Waals surface area (Å²) in [5.74, 6) is 1.30. The van der Waals surface area contributed by atoms with Crippen molar-refractivity contribution in [2.24, 2.45) is 11.8 Å². The summed E-state index contributed by atoms with van der Waals surface area (Å²) in [7, 11) is 0. The van der Waals surface area contributed by atoms with Crippen molar-refractivity contribution in [3.05, 3.63) is 40.6 Å². The lowest BCUT2D eigenvalue weighted by molar-refractivity contribution is -0.127. The third-order valence-electron chi connectivity index (χ3n) is 6.26. The largest absolute Gasteiger partial charge is 0.451 e. The molecular formula is C24H30N4O3S2. The van der Waals surface area contributed by atoms with Gasteiger partial charge in [0, 0.05) is 41.8 Å². The van der Waals surface area contributed by atoms with Crippen LogP contribution in [0.4, 0.5) is 0 Å². The number of likely N-dealkylation sites (tertiary alicyclic amines) is 1. The Morgan fingerprint density at radius 1 is 1.21 bits per heavy atom. The number of piperidine rings is 1. The fourth-order valence-corrected chi connectivity index (χ4v) is 5.73. The van der Waals surface area contributed by atoms with Crippen LogP contribution >= 0.6 is 23.1 Å². The zero-order valence-corrected chi connectivity index (χ0v) is 21.1. The van der Waals surface area contributed by atoms with Crippen molar-refractivity contribution in [2.75, 3.05) is 13.1 Å². The van der Waals surface area contributed by atoms with Crippen molar-refractivity contribution in [1.29, 1.82) is 0 Å². The number of rotatable bonds is 7. The highest BCUT2D eigenvalue weighted by Gasteiger charge is 2.31. The molecule has 176 valence electrons. The average molecular weight is 487 g/mol. The summed E-state index contributed by atoms with van der Waals surface area (Å²) >= 11 is 3.11. The van der Waals surface area contributed by atoms with Gasteiger partial charge in [0.1, 0.15) is 10.6 Å². The van der Waals surface area contributed by atoms with Gasteiger partial charge in [-0.15, -0.1) is 10.2 Å². The second-order valence-corrected chi connectivity index (χ2v) is 11.3. The van der Waals surface area contributed by atoms with E-state index in [-0.39, 0.29) is 23.8 Å². The molecule has 0 radical (unpaired) electrons. The molecule has 3 heterocycles. The molecule has 0 aliphatic carbocycles. The summed E-state index contributed by atoms with van der Waals surface area (Å²) in [5.41, 5.74) is 1.60. The summed E-state index contributed by atoms with van der Waals surface area (Å²) in [6.07, 6.45) is 1.33. The van der Waals surface area contributed by atoms with Crippen LogP contribution < -0.4 is 5.32 Å². The third kappa shape index (κ3) is 5.41. The molecule has 1 aliphatic heterocycles. The lowest BCUT2D eigenvalue weighted by Gasteiger charge is -2.32. The second kappa shape index (κ2) is 10.3. The molecule has 0 spiro atoms. The summed E-state index contributed by atoms with van der Waals surface area (Å²) in [5, 5.41) is 13.2. The lowest BCUT2D eigenvalue weighted by Crippen LogP contribution is -2.45. The van der Waals surface area contributed by atoms with Gasteiger partial charge in [0.15, 0.2) is 10.1 Å². The average Bonchev–Trinajstić information content (AvgIpc) is 3.40. The predicted molar refractivity (Wildman–Crippen MR) is 131 cm³/mol. The molecule has 4 rings (SSSR count). The number of thioether (sulfide) groups is 1. The van der Waals surface area contributed by atoms with Crippen molar-refractivity contribution < 1.29 is 14.0 Å². The van der Waals surface area contributed by atoms with Crippen LogP contribution in [0, 0.1) is 18.8 Å². The summed E-state index contributed by atoms with van der Waals surface area (Å²) in [4.78, 5) is 27.9. The monoisotopic (exact) mass is 486 g/mol. The molecule has 1 fully saturated rings. The van der Waals surface area contributed by atoms with Gasteiger partial charge in [-0.3, -0.25) is 9.59 Å². The highest BCUT2D eigenvalue weighted by Crippen LogP contribution is 2.34. The van der Waals surface area contributed by atoms with Gasteiger partial charge in [-0.05, 0) is 38.7 Å². The molecule has 1 aromatic carbocycles. The number of amides is 2. The van der Waals surface area contributed by atoms with Crippen LogP contribution in [0.5, 0.6) is 0 Å². The van der Waals surface area contributed by atoms with Gasteiger partial charge in [0.05, 0.1) is 0 Å². The highest BCUT2D eigenvalue weighted by atomic mass is 32.2. The molecular weight excluding hydrogens is 456 g/mol. The second-order valence-electron chi connectivity index (χ2n) is 8.89. The topological polar surface area (TPSA) is 88.3 Å². The Hall–Kier alpha value is -2.39. The predicted octanol–water partition coefficient (Wildman–Crippen LogP) is 4.90. The van der Waals surface area contributed by atoms with Crippen molar-refractivity contribution in [2.45, 2.75) is 56.7 Å². The standard InChI is InChI=1S/C24H30N4O3S2/c1-14(2)15(3)25-22(29)17-9-11-28(12-10-17)23(30)21-19(13-32-24-27-26-16(4)33-24)18-7-5-6-8-20(18)31-21/h5-8,14-15,17H,9-13H2,1-4H3,(H,25,29). The smallest absolute Gasteiger partial charge is 0.289 e. The van der Waals surface area contributed by atoms with Gasteiger partial charge in [0.2, 0.25) is 5.91 Å². The van der Waals surface area contributed by atoms with Crippen molar-refractivity contribution in [3.8, 4) is 0 Å². The number of nitrogens with zero attached hydrogens (tertiary/aromatic N) is 3. The molecule has 0 bridgehead atoms. The zero-order chi connectivity index (χ0) is 23.5. The number of nitrogens with one attached hydrogen (secondary N) is 1. The Kier molecular flexibility index (Phi) is 7.38. The molecule has 1 aliphatic rings. The Bertz CT molecular complexity index is 1130. The van der Waals surface area contributed by atoms with Gasteiger partial charge in [-0.2, -0.15) is 0 Å². The van der Waals surface area contributed by atoms with E-state index in [1.165, 1.54) is 0 Å². The van der Waals surface area contributed by atoms with E-state index in [0.717, 1.165) is 20.3 Å². The number of aryl methyl sites for hydroxylation is 1. The first-order chi connectivity index (χ1) is 15.8. The summed E-state index contributed by atoms with van der Waals surface area (Å²) in [6.45, 7) is 9.25. The molecule has 1 unspecified atom stereocenters. The fourth-order valence-electron chi connectivity index (χ4n) is 3.88. The van der Waals surface area contributed by atoms with E-state index in [0.29, 0.717) is 48.9 Å². The zero-order valence-electron chi connectivity index (χ0n) is 19.5. The van der Waals surface area contributed by atoms with Crippen LogP contribution in [0.3, 0.4) is 0 Å². The minimum Gasteiger partial charge on any atom is -0.451 e. The van der Waals surface area contributed by atoms with E-state index < -0.39 is 0 Å². The van der Waals surface area contributed by atoms with Crippen LogP contribution in [0.15, 0.2) is 33.0 Å². The van der Waals surface area contributed by atoms with Crippen LogP contribution in [0.2, 0.25) is 0 Å². The van der Waals surface area contributed by atoms with E-state index in [9.17, 15) is 9.59 Å². The maximum absolute atomic E-state index is 13.4. The van der Waals surface area contributed by atoms with Crippen molar-refractivity contribution in [3.63, 3.8) is 0 Å². The Labute approximate surface area is 202 Å². The molecule has 2 amide bonds. The van der Waals surface area contributed by atoms with E-state index in [1.807, 2.05) is 43.0 Å². The van der Waals surface area contributed by atoms with Gasteiger partial charge in [-0.1, -0.05) is 55.1 Å². The Balaban J connectivity index is 1.46. The minimum absolute atomic E-state index is 0.0541. The molecule has 33 heavy (non-hydrogen) atoms. The number of para-hydroxylation sites is 1. The number of furan rings is 1. The number of fused-ring (bicyclic) bond motifs is 1. The maximum Gasteiger partial charge on any atom is 0.289 e. The van der Waals surface area contributed by atoms with Crippen LogP contribution in [0.1, 0.15) is 54.7 Å². The third-order valence-corrected chi connectivity index (χ3v) is 8.26. The van der Waals surface area contributed by atoms with Crippen LogP contribution in [0.25, 0.3) is 11.0 Å². The molecule has 1 saturated heterocycles. The summed E-state index contributed by atoms with van der Waals surface area (Å²) < 4.78 is 6.92. The number of carbonyl (C=O) groups excluding carboxylic acids is 2. The number of carbonyl (C=O) groups is 2. The molecule has 2 aromatic heterocycles. The van der Waals surface area contributed by atoms with Crippen molar-refractivity contribution >= 4 is 45.9 Å². The molecule has 1 N–H and O–H groups in total. The first-order valence-electron chi connectivity index (χ1n) is 11.4. The molecule has 9 heteroatoms.